The van der Waals surface area contributed by atoms with Gasteiger partial charge in [-0.2, -0.15) is 0 Å². The SMILES string of the molecule is CCOC(=O)c1c(NC(=O)CC(C)C)sc2c1C[C@H](c1ccccc1)S[C@H]2c1ccccc1. The number of ether oxygens (including phenoxy) is 1. The van der Waals surface area contributed by atoms with E-state index in [1.807, 2.05) is 56.8 Å². The number of hydrogen-bond acceptors (Lipinski definition) is 5. The Morgan fingerprint density at radius 3 is 2.27 bits per heavy atom. The Kier molecular flexibility index (Phi) is 7.56. The standard InChI is InChI=1S/C27H29NO3S2/c1-4-31-27(30)23-20-16-21(18-11-7-5-8-12-18)32-24(19-13-9-6-10-14-19)25(20)33-26(23)28-22(29)15-17(2)3/h5-14,17,21,24H,4,15-16H2,1-3H3,(H,28,29)/t21-,24+/m1/s1. The van der Waals surface area contributed by atoms with Crippen molar-refractivity contribution in [3.05, 3.63) is 87.8 Å². The van der Waals surface area contributed by atoms with Crippen molar-refractivity contribution in [2.45, 2.75) is 44.1 Å². The van der Waals surface area contributed by atoms with Crippen molar-refractivity contribution < 1.29 is 14.3 Å². The van der Waals surface area contributed by atoms with E-state index in [1.165, 1.54) is 22.5 Å². The lowest BCUT2D eigenvalue weighted by Crippen LogP contribution is -2.18. The van der Waals surface area contributed by atoms with Crippen LogP contribution in [0.1, 0.15) is 69.6 Å². The highest BCUT2D eigenvalue weighted by molar-refractivity contribution is 8.00. The Balaban J connectivity index is 1.82. The second kappa shape index (κ2) is 10.6. The van der Waals surface area contributed by atoms with E-state index in [0.29, 0.717) is 23.6 Å². The third-order valence-electron chi connectivity index (χ3n) is 5.57. The van der Waals surface area contributed by atoms with E-state index in [2.05, 4.69) is 41.7 Å². The molecule has 3 aromatic rings. The van der Waals surface area contributed by atoms with E-state index in [9.17, 15) is 9.59 Å². The van der Waals surface area contributed by atoms with Crippen molar-refractivity contribution in [2.75, 3.05) is 11.9 Å². The van der Waals surface area contributed by atoms with Gasteiger partial charge in [0.1, 0.15) is 5.00 Å². The fraction of sp³-hybridized carbons (Fsp3) is 0.333. The first-order valence-electron chi connectivity index (χ1n) is 11.4. The van der Waals surface area contributed by atoms with Gasteiger partial charge in [-0.1, -0.05) is 74.5 Å². The summed E-state index contributed by atoms with van der Waals surface area (Å²) >= 11 is 3.42. The first-order valence-corrected chi connectivity index (χ1v) is 13.1. The predicted molar refractivity (Wildman–Crippen MR) is 137 cm³/mol. The molecule has 1 aliphatic rings. The molecule has 0 bridgehead atoms. The predicted octanol–water partition coefficient (Wildman–Crippen LogP) is 7.03. The van der Waals surface area contributed by atoms with Gasteiger partial charge < -0.3 is 10.1 Å². The average molecular weight is 480 g/mol. The molecule has 4 rings (SSSR count). The summed E-state index contributed by atoms with van der Waals surface area (Å²) in [7, 11) is 0. The minimum absolute atomic E-state index is 0.0716. The molecule has 2 heterocycles. The van der Waals surface area contributed by atoms with Gasteiger partial charge in [-0.25, -0.2) is 4.79 Å². The number of thioether (sulfide) groups is 1. The maximum atomic E-state index is 13.1. The van der Waals surface area contributed by atoms with Gasteiger partial charge in [0.15, 0.2) is 0 Å². The molecule has 0 spiro atoms. The van der Waals surface area contributed by atoms with Crippen LogP contribution in [0.15, 0.2) is 60.7 Å². The van der Waals surface area contributed by atoms with Gasteiger partial charge in [-0.3, -0.25) is 4.79 Å². The van der Waals surface area contributed by atoms with Crippen LogP contribution in [-0.4, -0.2) is 18.5 Å². The number of anilines is 1. The number of carbonyl (C=O) groups excluding carboxylic acids is 2. The summed E-state index contributed by atoms with van der Waals surface area (Å²) in [5, 5.41) is 3.92. The number of hydrogen-bond donors (Lipinski definition) is 1. The Hall–Kier alpha value is -2.57. The molecule has 172 valence electrons. The highest BCUT2D eigenvalue weighted by Gasteiger charge is 2.37. The van der Waals surface area contributed by atoms with Gasteiger partial charge in [-0.05, 0) is 36.0 Å². The van der Waals surface area contributed by atoms with E-state index in [-0.39, 0.29) is 28.3 Å². The van der Waals surface area contributed by atoms with Crippen LogP contribution >= 0.6 is 23.1 Å². The van der Waals surface area contributed by atoms with Gasteiger partial charge >= 0.3 is 5.97 Å². The van der Waals surface area contributed by atoms with Crippen LogP contribution in [-0.2, 0) is 16.0 Å². The van der Waals surface area contributed by atoms with Crippen LogP contribution in [0.4, 0.5) is 5.00 Å². The zero-order valence-electron chi connectivity index (χ0n) is 19.2. The fourth-order valence-corrected chi connectivity index (χ4v) is 7.18. The summed E-state index contributed by atoms with van der Waals surface area (Å²) in [5.74, 6) is -0.196. The lowest BCUT2D eigenvalue weighted by Gasteiger charge is -2.30. The number of fused-ring (bicyclic) bond motifs is 1. The van der Waals surface area contributed by atoms with E-state index >= 15 is 0 Å². The third-order valence-corrected chi connectivity index (χ3v) is 8.48. The van der Waals surface area contributed by atoms with Crippen LogP contribution in [0.3, 0.4) is 0 Å². The van der Waals surface area contributed by atoms with Crippen LogP contribution in [0.2, 0.25) is 0 Å². The van der Waals surface area contributed by atoms with E-state index in [0.717, 1.165) is 16.9 Å². The zero-order valence-corrected chi connectivity index (χ0v) is 20.8. The van der Waals surface area contributed by atoms with Crippen LogP contribution < -0.4 is 5.32 Å². The molecule has 0 fully saturated rings. The quantitative estimate of drug-likeness (QED) is 0.370. The molecule has 0 saturated heterocycles. The molecule has 4 nitrogen and oxygen atoms in total. The molecule has 2 atom stereocenters. The summed E-state index contributed by atoms with van der Waals surface area (Å²) < 4.78 is 5.45. The molecule has 1 N–H and O–H groups in total. The minimum Gasteiger partial charge on any atom is -0.462 e. The number of benzene rings is 2. The van der Waals surface area contributed by atoms with Crippen LogP contribution in [0.5, 0.6) is 0 Å². The summed E-state index contributed by atoms with van der Waals surface area (Å²) in [4.78, 5) is 26.9. The highest BCUT2D eigenvalue weighted by atomic mass is 32.2. The first kappa shape index (κ1) is 23.6. The largest absolute Gasteiger partial charge is 0.462 e. The Morgan fingerprint density at radius 2 is 1.67 bits per heavy atom. The van der Waals surface area contributed by atoms with Gasteiger partial charge in [-0.15, -0.1) is 23.1 Å². The van der Waals surface area contributed by atoms with Crippen LogP contribution in [0.25, 0.3) is 0 Å². The molecular weight excluding hydrogens is 450 g/mol. The van der Waals surface area contributed by atoms with Gasteiger partial charge in [0.25, 0.3) is 0 Å². The Morgan fingerprint density at radius 1 is 1.03 bits per heavy atom. The molecule has 2 aromatic carbocycles. The molecule has 0 aliphatic carbocycles. The molecule has 1 amide bonds. The van der Waals surface area contributed by atoms with Crippen molar-refractivity contribution >= 4 is 40.0 Å². The molecule has 0 unspecified atom stereocenters. The molecule has 1 aromatic heterocycles. The summed E-state index contributed by atoms with van der Waals surface area (Å²) in [6.45, 7) is 6.13. The van der Waals surface area contributed by atoms with Gasteiger partial charge in [0.05, 0.1) is 17.4 Å². The lowest BCUT2D eigenvalue weighted by atomic mass is 9.96. The number of rotatable bonds is 7. The summed E-state index contributed by atoms with van der Waals surface area (Å²) in [5.41, 5.74) is 3.96. The van der Waals surface area contributed by atoms with Gasteiger partial charge in [0, 0.05) is 16.5 Å². The van der Waals surface area contributed by atoms with Crippen molar-refractivity contribution in [2.24, 2.45) is 5.92 Å². The monoisotopic (exact) mass is 479 g/mol. The first-order chi connectivity index (χ1) is 16.0. The smallest absolute Gasteiger partial charge is 0.341 e. The topological polar surface area (TPSA) is 55.4 Å². The molecule has 0 saturated carbocycles. The fourth-order valence-electron chi connectivity index (χ4n) is 4.13. The molecule has 6 heteroatoms. The lowest BCUT2D eigenvalue weighted by molar-refractivity contribution is -0.116. The van der Waals surface area contributed by atoms with Crippen molar-refractivity contribution in [1.82, 2.24) is 0 Å². The van der Waals surface area contributed by atoms with Crippen molar-refractivity contribution in [1.29, 1.82) is 0 Å². The number of carbonyl (C=O) groups is 2. The minimum atomic E-state index is -0.361. The Bertz CT molecular complexity index is 1110. The number of amides is 1. The van der Waals surface area contributed by atoms with Gasteiger partial charge in [0.2, 0.25) is 5.91 Å². The Labute approximate surface area is 203 Å². The maximum Gasteiger partial charge on any atom is 0.341 e. The number of thiophene rings is 1. The van der Waals surface area contributed by atoms with E-state index in [1.54, 1.807) is 0 Å². The van der Waals surface area contributed by atoms with Crippen molar-refractivity contribution in [3.8, 4) is 0 Å². The second-order valence-electron chi connectivity index (χ2n) is 8.55. The normalized spacial score (nSPS) is 17.5. The summed E-state index contributed by atoms with van der Waals surface area (Å²) in [6, 6.07) is 20.8. The van der Waals surface area contributed by atoms with Crippen LogP contribution in [0, 0.1) is 5.92 Å². The molecule has 33 heavy (non-hydrogen) atoms. The van der Waals surface area contributed by atoms with E-state index < -0.39 is 0 Å². The number of nitrogens with one attached hydrogen (secondary N) is 1. The molecule has 1 aliphatic heterocycles. The zero-order chi connectivity index (χ0) is 23.4. The van der Waals surface area contributed by atoms with E-state index in [4.69, 9.17) is 4.74 Å². The highest BCUT2D eigenvalue weighted by Crippen LogP contribution is 2.56. The molecular formula is C27H29NO3S2. The second-order valence-corrected chi connectivity index (χ2v) is 10.9. The average Bonchev–Trinajstić information content (AvgIpc) is 3.16. The number of esters is 1. The third kappa shape index (κ3) is 5.33. The van der Waals surface area contributed by atoms with Crippen molar-refractivity contribution in [3.63, 3.8) is 0 Å². The maximum absolute atomic E-state index is 13.1. The molecule has 0 radical (unpaired) electrons. The summed E-state index contributed by atoms with van der Waals surface area (Å²) in [6.07, 6.45) is 1.13.